The van der Waals surface area contributed by atoms with E-state index in [1.165, 1.54) is 6.07 Å². The van der Waals surface area contributed by atoms with E-state index in [1.54, 1.807) is 12.1 Å². The molecule has 0 aromatic heterocycles. The molecule has 4 heteroatoms. The van der Waals surface area contributed by atoms with E-state index in [9.17, 15) is 5.11 Å². The minimum absolute atomic E-state index is 0.0737. The van der Waals surface area contributed by atoms with Gasteiger partial charge in [0.1, 0.15) is 5.75 Å². The van der Waals surface area contributed by atoms with Crippen LogP contribution in [-0.2, 0) is 0 Å². The average Bonchev–Trinajstić information content (AvgIpc) is 2.25. The molecule has 0 spiro atoms. The number of hydrogen-bond acceptors (Lipinski definition) is 4. The number of para-hydroxylation sites is 1. The summed E-state index contributed by atoms with van der Waals surface area (Å²) in [4.78, 5) is 0. The summed E-state index contributed by atoms with van der Waals surface area (Å²) in [6.07, 6.45) is 0. The maximum atomic E-state index is 9.80. The normalized spacial score (nSPS) is 10.2. The van der Waals surface area contributed by atoms with Gasteiger partial charge in [0.25, 0.3) is 0 Å². The van der Waals surface area contributed by atoms with E-state index in [1.807, 2.05) is 18.2 Å². The lowest BCUT2D eigenvalue weighted by Crippen LogP contribution is -1.96. The molecule has 0 unspecified atom stereocenters. The molecule has 0 fully saturated rings. The quantitative estimate of drug-likeness (QED) is 0.430. The third-order valence-electron chi connectivity index (χ3n) is 2.45. The number of benzene rings is 2. The highest BCUT2D eigenvalue weighted by Crippen LogP contribution is 2.36. The van der Waals surface area contributed by atoms with Gasteiger partial charge in [0.05, 0.1) is 11.4 Å². The standard InChI is InChI=1S/C12H13N3O/c13-9-4-2-1-3-7(9)8-5-10(14)11(15)6-12(8)16/h1-6,16H,13-15H2. The van der Waals surface area contributed by atoms with Gasteiger partial charge in [0.15, 0.2) is 0 Å². The maximum absolute atomic E-state index is 9.80. The molecule has 2 aromatic carbocycles. The lowest BCUT2D eigenvalue weighted by atomic mass is 10.0. The predicted molar refractivity (Wildman–Crippen MR) is 66.8 cm³/mol. The van der Waals surface area contributed by atoms with Crippen LogP contribution in [0.15, 0.2) is 36.4 Å². The Morgan fingerprint density at radius 2 is 1.38 bits per heavy atom. The Balaban J connectivity index is 2.65. The Morgan fingerprint density at radius 1 is 0.750 bits per heavy atom. The average molecular weight is 215 g/mol. The number of phenols is 1. The summed E-state index contributed by atoms with van der Waals surface area (Å²) in [7, 11) is 0. The monoisotopic (exact) mass is 215 g/mol. The van der Waals surface area contributed by atoms with Gasteiger partial charge in [-0.2, -0.15) is 0 Å². The second-order valence-corrected chi connectivity index (χ2v) is 3.59. The molecule has 0 heterocycles. The minimum atomic E-state index is 0.0737. The molecule has 0 aliphatic heterocycles. The van der Waals surface area contributed by atoms with E-state index in [-0.39, 0.29) is 5.75 Å². The predicted octanol–water partition coefficient (Wildman–Crippen LogP) is 1.81. The van der Waals surface area contributed by atoms with Gasteiger partial charge in [0.2, 0.25) is 0 Å². The van der Waals surface area contributed by atoms with Crippen molar-refractivity contribution in [1.29, 1.82) is 0 Å². The van der Waals surface area contributed by atoms with E-state index in [0.717, 1.165) is 5.56 Å². The Morgan fingerprint density at radius 3 is 2.06 bits per heavy atom. The van der Waals surface area contributed by atoms with Crippen LogP contribution in [0.3, 0.4) is 0 Å². The Labute approximate surface area is 93.3 Å². The fourth-order valence-corrected chi connectivity index (χ4v) is 1.58. The molecule has 0 radical (unpaired) electrons. The molecule has 82 valence electrons. The van der Waals surface area contributed by atoms with Crippen LogP contribution in [-0.4, -0.2) is 5.11 Å². The van der Waals surface area contributed by atoms with Crippen molar-refractivity contribution in [3.05, 3.63) is 36.4 Å². The third-order valence-corrected chi connectivity index (χ3v) is 2.45. The summed E-state index contributed by atoms with van der Waals surface area (Å²) < 4.78 is 0. The molecule has 0 bridgehead atoms. The number of anilines is 3. The van der Waals surface area contributed by atoms with E-state index < -0.39 is 0 Å². The van der Waals surface area contributed by atoms with Crippen molar-refractivity contribution in [3.8, 4) is 16.9 Å². The van der Waals surface area contributed by atoms with Crippen LogP contribution in [0.2, 0.25) is 0 Å². The molecule has 0 saturated heterocycles. The molecule has 2 aromatic rings. The van der Waals surface area contributed by atoms with Crippen molar-refractivity contribution in [2.75, 3.05) is 17.2 Å². The number of nitrogens with two attached hydrogens (primary N) is 3. The molecule has 0 saturated carbocycles. The first-order chi connectivity index (χ1) is 7.59. The Bertz CT molecular complexity index is 538. The zero-order valence-corrected chi connectivity index (χ0v) is 8.64. The fourth-order valence-electron chi connectivity index (χ4n) is 1.58. The summed E-state index contributed by atoms with van der Waals surface area (Å²) >= 11 is 0. The van der Waals surface area contributed by atoms with Gasteiger partial charge in [-0.1, -0.05) is 18.2 Å². The summed E-state index contributed by atoms with van der Waals surface area (Å²) in [6, 6.07) is 10.3. The van der Waals surface area contributed by atoms with Gasteiger partial charge in [0, 0.05) is 22.9 Å². The molecule has 16 heavy (non-hydrogen) atoms. The van der Waals surface area contributed by atoms with Crippen molar-refractivity contribution in [1.82, 2.24) is 0 Å². The van der Waals surface area contributed by atoms with E-state index in [2.05, 4.69) is 0 Å². The molecule has 0 aliphatic rings. The van der Waals surface area contributed by atoms with Crippen LogP contribution in [0.5, 0.6) is 5.75 Å². The van der Waals surface area contributed by atoms with E-state index in [4.69, 9.17) is 17.2 Å². The van der Waals surface area contributed by atoms with Crippen LogP contribution < -0.4 is 17.2 Å². The zero-order valence-electron chi connectivity index (χ0n) is 8.64. The molecule has 4 nitrogen and oxygen atoms in total. The van der Waals surface area contributed by atoms with Gasteiger partial charge in [-0.15, -0.1) is 0 Å². The molecule has 2 rings (SSSR count). The van der Waals surface area contributed by atoms with Gasteiger partial charge in [-0.25, -0.2) is 0 Å². The molecule has 0 atom stereocenters. The highest BCUT2D eigenvalue weighted by atomic mass is 16.3. The topological polar surface area (TPSA) is 98.3 Å². The minimum Gasteiger partial charge on any atom is -0.507 e. The van der Waals surface area contributed by atoms with Gasteiger partial charge in [-0.3, -0.25) is 0 Å². The fraction of sp³-hybridized carbons (Fsp3) is 0. The van der Waals surface area contributed by atoms with Crippen molar-refractivity contribution in [3.63, 3.8) is 0 Å². The van der Waals surface area contributed by atoms with Crippen molar-refractivity contribution in [2.24, 2.45) is 0 Å². The van der Waals surface area contributed by atoms with Crippen molar-refractivity contribution < 1.29 is 5.11 Å². The number of hydrogen-bond donors (Lipinski definition) is 4. The zero-order chi connectivity index (χ0) is 11.7. The summed E-state index contributed by atoms with van der Waals surface area (Å²) in [5.41, 5.74) is 19.8. The second kappa shape index (κ2) is 3.66. The summed E-state index contributed by atoms with van der Waals surface area (Å²) in [6.45, 7) is 0. The molecule has 0 aliphatic carbocycles. The smallest absolute Gasteiger partial charge is 0.125 e. The van der Waals surface area contributed by atoms with Crippen LogP contribution in [0.1, 0.15) is 0 Å². The van der Waals surface area contributed by atoms with Crippen molar-refractivity contribution >= 4 is 17.1 Å². The third kappa shape index (κ3) is 1.61. The second-order valence-electron chi connectivity index (χ2n) is 3.59. The van der Waals surface area contributed by atoms with Crippen LogP contribution in [0.4, 0.5) is 17.1 Å². The van der Waals surface area contributed by atoms with Crippen LogP contribution >= 0.6 is 0 Å². The van der Waals surface area contributed by atoms with Gasteiger partial charge in [-0.05, 0) is 12.1 Å². The number of aromatic hydroxyl groups is 1. The molecule has 0 amide bonds. The van der Waals surface area contributed by atoms with Crippen LogP contribution in [0.25, 0.3) is 11.1 Å². The molecular weight excluding hydrogens is 202 g/mol. The number of phenolic OH excluding ortho intramolecular Hbond substituents is 1. The number of rotatable bonds is 1. The Hall–Kier alpha value is -2.36. The Kier molecular flexibility index (Phi) is 2.32. The summed E-state index contributed by atoms with van der Waals surface area (Å²) in [5, 5.41) is 9.80. The highest BCUT2D eigenvalue weighted by Gasteiger charge is 2.09. The van der Waals surface area contributed by atoms with Crippen molar-refractivity contribution in [2.45, 2.75) is 0 Å². The number of nitrogen functional groups attached to an aromatic ring is 3. The van der Waals surface area contributed by atoms with Gasteiger partial charge >= 0.3 is 0 Å². The van der Waals surface area contributed by atoms with Crippen LogP contribution in [0, 0.1) is 0 Å². The molecular formula is C12H13N3O. The van der Waals surface area contributed by atoms with E-state index >= 15 is 0 Å². The lowest BCUT2D eigenvalue weighted by Gasteiger charge is -2.10. The first kappa shape index (κ1) is 10.2. The largest absolute Gasteiger partial charge is 0.507 e. The first-order valence-electron chi connectivity index (χ1n) is 4.82. The summed E-state index contributed by atoms with van der Waals surface area (Å²) in [5.74, 6) is 0.0737. The first-order valence-corrected chi connectivity index (χ1v) is 4.82. The maximum Gasteiger partial charge on any atom is 0.125 e. The molecule has 7 N–H and O–H groups in total. The highest BCUT2D eigenvalue weighted by molar-refractivity contribution is 5.85. The lowest BCUT2D eigenvalue weighted by molar-refractivity contribution is 0.478. The van der Waals surface area contributed by atoms with E-state index in [0.29, 0.717) is 22.6 Å². The SMILES string of the molecule is Nc1cc(O)c(-c2ccccc2N)cc1N. The van der Waals surface area contributed by atoms with Gasteiger partial charge < -0.3 is 22.3 Å².